The van der Waals surface area contributed by atoms with Crippen molar-refractivity contribution in [3.63, 3.8) is 0 Å². The lowest BCUT2D eigenvalue weighted by Crippen LogP contribution is -2.42. The zero-order valence-electron chi connectivity index (χ0n) is 24.0. The standard InChI is InChI=1S/C30H36ClN5O5S/c1-5-27(37)35-11-7-6-8-22(16-35)36-28-24(31)14-23(41-26-13-20(4)42(39,40)17-18(26)2)15-25(28)33-30(36)34-29(38)21-9-10-32-19(3)12-21/h5,9-10,12,14-15,18,20,22,26H,1,6-8,11,13,16-17H2,2-4H3,(H,33,34,38)/t18?,20?,22-,26-/m1/s1. The van der Waals surface area contributed by atoms with Crippen molar-refractivity contribution in [1.29, 1.82) is 0 Å². The fourth-order valence-electron chi connectivity index (χ4n) is 5.87. The minimum Gasteiger partial charge on any atom is -0.490 e. The number of rotatable bonds is 6. The molecule has 0 bridgehead atoms. The Labute approximate surface area is 251 Å². The van der Waals surface area contributed by atoms with Crippen LogP contribution in [-0.4, -0.2) is 69.9 Å². The van der Waals surface area contributed by atoms with Crippen LogP contribution in [0.1, 0.15) is 61.6 Å². The molecule has 42 heavy (non-hydrogen) atoms. The number of likely N-dealkylation sites (tertiary alicyclic amines) is 1. The van der Waals surface area contributed by atoms with Crippen LogP contribution in [0.2, 0.25) is 5.02 Å². The molecule has 1 N–H and O–H groups in total. The zero-order valence-corrected chi connectivity index (χ0v) is 25.6. The number of amides is 2. The number of hydrogen-bond donors (Lipinski definition) is 1. The van der Waals surface area contributed by atoms with Gasteiger partial charge in [-0.15, -0.1) is 0 Å². The highest BCUT2D eigenvalue weighted by Gasteiger charge is 2.37. The average Bonchev–Trinajstić information content (AvgIpc) is 3.11. The second-order valence-electron chi connectivity index (χ2n) is 11.4. The van der Waals surface area contributed by atoms with Gasteiger partial charge < -0.3 is 14.2 Å². The number of anilines is 1. The van der Waals surface area contributed by atoms with Crippen LogP contribution >= 0.6 is 11.6 Å². The molecule has 224 valence electrons. The summed E-state index contributed by atoms with van der Waals surface area (Å²) >= 11 is 6.91. The number of benzene rings is 1. The third kappa shape index (κ3) is 6.17. The molecule has 1 aromatic carbocycles. The third-order valence-corrected chi connectivity index (χ3v) is 10.9. The molecule has 5 rings (SSSR count). The number of pyridine rings is 1. The van der Waals surface area contributed by atoms with E-state index in [9.17, 15) is 18.0 Å². The third-order valence-electron chi connectivity index (χ3n) is 8.19. The number of aryl methyl sites for hydroxylation is 1. The van der Waals surface area contributed by atoms with Gasteiger partial charge in [0.25, 0.3) is 5.91 Å². The highest BCUT2D eigenvalue weighted by molar-refractivity contribution is 7.92. The van der Waals surface area contributed by atoms with Gasteiger partial charge in [-0.05, 0) is 51.3 Å². The van der Waals surface area contributed by atoms with Crippen LogP contribution < -0.4 is 10.1 Å². The first-order valence-electron chi connectivity index (χ1n) is 14.2. The number of imidazole rings is 1. The highest BCUT2D eigenvalue weighted by Crippen LogP contribution is 2.38. The van der Waals surface area contributed by atoms with Crippen molar-refractivity contribution in [3.8, 4) is 5.75 Å². The maximum Gasteiger partial charge on any atom is 0.258 e. The molecule has 2 fully saturated rings. The van der Waals surface area contributed by atoms with Gasteiger partial charge in [-0.2, -0.15) is 0 Å². The summed E-state index contributed by atoms with van der Waals surface area (Å²) in [5.74, 6) is 0.179. The Hall–Kier alpha value is -3.44. The molecule has 4 atom stereocenters. The summed E-state index contributed by atoms with van der Waals surface area (Å²) in [7, 11) is -3.15. The van der Waals surface area contributed by atoms with Gasteiger partial charge in [0.05, 0.1) is 33.1 Å². The Balaban J connectivity index is 1.55. The molecule has 0 saturated carbocycles. The van der Waals surface area contributed by atoms with Gasteiger partial charge in [-0.25, -0.2) is 13.4 Å². The Morgan fingerprint density at radius 3 is 2.74 bits per heavy atom. The molecular weight excluding hydrogens is 578 g/mol. The predicted molar refractivity (Wildman–Crippen MR) is 163 cm³/mol. The van der Waals surface area contributed by atoms with Crippen molar-refractivity contribution in [2.45, 2.75) is 63.9 Å². The normalized spacial score (nSPS) is 24.1. The van der Waals surface area contributed by atoms with E-state index < -0.39 is 15.1 Å². The molecule has 10 nitrogen and oxygen atoms in total. The molecule has 2 saturated heterocycles. The van der Waals surface area contributed by atoms with Gasteiger partial charge in [0.2, 0.25) is 11.9 Å². The molecule has 4 heterocycles. The van der Waals surface area contributed by atoms with Crippen molar-refractivity contribution in [2.75, 3.05) is 24.2 Å². The molecule has 2 amide bonds. The minimum absolute atomic E-state index is 0.0652. The summed E-state index contributed by atoms with van der Waals surface area (Å²) in [4.78, 5) is 36.7. The van der Waals surface area contributed by atoms with Crippen LogP contribution in [0.25, 0.3) is 11.0 Å². The van der Waals surface area contributed by atoms with E-state index in [1.807, 2.05) is 18.4 Å². The molecule has 3 aromatic rings. The summed E-state index contributed by atoms with van der Waals surface area (Å²) in [5.41, 5.74) is 2.29. The van der Waals surface area contributed by atoms with Crippen LogP contribution in [0.15, 0.2) is 43.1 Å². The quantitative estimate of drug-likeness (QED) is 0.389. The van der Waals surface area contributed by atoms with Crippen LogP contribution in [-0.2, 0) is 14.6 Å². The molecular formula is C30H36ClN5O5S. The van der Waals surface area contributed by atoms with Crippen molar-refractivity contribution < 1.29 is 22.7 Å². The second kappa shape index (κ2) is 12.0. The van der Waals surface area contributed by atoms with Crippen LogP contribution in [0.3, 0.4) is 0 Å². The van der Waals surface area contributed by atoms with E-state index in [4.69, 9.17) is 21.3 Å². The fraction of sp³-hybridized carbons (Fsp3) is 0.467. The van der Waals surface area contributed by atoms with Gasteiger partial charge in [0, 0.05) is 55.0 Å². The maximum atomic E-state index is 13.3. The lowest BCUT2D eigenvalue weighted by atomic mass is 10.0. The molecule has 2 aromatic heterocycles. The first kappa shape index (κ1) is 30.0. The fourth-order valence-corrected chi connectivity index (χ4v) is 7.93. The number of fused-ring (bicyclic) bond motifs is 1. The number of carbonyl (C=O) groups is 2. The van der Waals surface area contributed by atoms with Crippen molar-refractivity contribution in [2.24, 2.45) is 5.92 Å². The van der Waals surface area contributed by atoms with E-state index in [0.717, 1.165) is 19.3 Å². The average molecular weight is 614 g/mol. The monoisotopic (exact) mass is 613 g/mol. The van der Waals surface area contributed by atoms with Crippen molar-refractivity contribution >= 4 is 50.2 Å². The van der Waals surface area contributed by atoms with E-state index in [2.05, 4.69) is 16.9 Å². The summed E-state index contributed by atoms with van der Waals surface area (Å²) in [6.45, 7) is 10.1. The van der Waals surface area contributed by atoms with Gasteiger partial charge in [0.15, 0.2) is 9.84 Å². The maximum absolute atomic E-state index is 13.3. The first-order chi connectivity index (χ1) is 20.0. The first-order valence-corrected chi connectivity index (χ1v) is 16.3. The molecule has 2 aliphatic rings. The lowest BCUT2D eigenvalue weighted by molar-refractivity contribution is -0.126. The molecule has 0 spiro atoms. The summed E-state index contributed by atoms with van der Waals surface area (Å²) < 4.78 is 33.0. The van der Waals surface area contributed by atoms with Crippen molar-refractivity contribution in [3.05, 3.63) is 59.4 Å². The Bertz CT molecular complexity index is 1640. The van der Waals surface area contributed by atoms with Gasteiger partial charge >= 0.3 is 0 Å². The zero-order chi connectivity index (χ0) is 30.2. The minimum atomic E-state index is -3.15. The summed E-state index contributed by atoms with van der Waals surface area (Å²) in [6, 6.07) is 6.61. The Morgan fingerprint density at radius 1 is 1.21 bits per heavy atom. The molecule has 0 radical (unpaired) electrons. The number of sulfone groups is 1. The van der Waals surface area contributed by atoms with E-state index in [0.29, 0.717) is 58.5 Å². The number of carbonyl (C=O) groups excluding carboxylic acids is 2. The Morgan fingerprint density at radius 2 is 2.00 bits per heavy atom. The highest BCUT2D eigenvalue weighted by atomic mass is 35.5. The van der Waals surface area contributed by atoms with Crippen LogP contribution in [0, 0.1) is 12.8 Å². The lowest BCUT2D eigenvalue weighted by Gasteiger charge is -2.32. The number of aromatic nitrogens is 3. The molecule has 12 heteroatoms. The van der Waals surface area contributed by atoms with Crippen LogP contribution in [0.5, 0.6) is 5.75 Å². The molecule has 0 aliphatic carbocycles. The smallest absolute Gasteiger partial charge is 0.258 e. The van der Waals surface area contributed by atoms with E-state index in [1.165, 1.54) is 6.08 Å². The Kier molecular flexibility index (Phi) is 8.61. The second-order valence-corrected chi connectivity index (χ2v) is 14.2. The number of halogens is 1. The summed E-state index contributed by atoms with van der Waals surface area (Å²) in [5, 5.41) is 2.85. The van der Waals surface area contributed by atoms with E-state index in [-0.39, 0.29) is 35.6 Å². The van der Waals surface area contributed by atoms with Gasteiger partial charge in [0.1, 0.15) is 11.9 Å². The van der Waals surface area contributed by atoms with Crippen molar-refractivity contribution in [1.82, 2.24) is 19.4 Å². The van der Waals surface area contributed by atoms with Gasteiger partial charge in [-0.3, -0.25) is 19.9 Å². The van der Waals surface area contributed by atoms with E-state index >= 15 is 0 Å². The van der Waals surface area contributed by atoms with E-state index in [1.54, 1.807) is 42.3 Å². The number of nitrogens with zero attached hydrogens (tertiary/aromatic N) is 4. The summed E-state index contributed by atoms with van der Waals surface area (Å²) in [6.07, 6.45) is 5.46. The predicted octanol–water partition coefficient (Wildman–Crippen LogP) is 4.98. The number of ether oxygens (including phenoxy) is 1. The number of nitrogens with one attached hydrogen (secondary N) is 1. The van der Waals surface area contributed by atoms with Gasteiger partial charge in [-0.1, -0.05) is 25.1 Å². The molecule has 2 aliphatic heterocycles. The topological polar surface area (TPSA) is 123 Å². The molecule has 2 unspecified atom stereocenters. The largest absolute Gasteiger partial charge is 0.490 e. The SMILES string of the molecule is C=CC(=O)N1CCCC[C@@H](n2c(NC(=O)c3ccnc(C)c3)nc3cc(O[C@@H]4CC(C)S(=O)(=O)CC4C)cc(Cl)c32)C1. The number of hydrogen-bond acceptors (Lipinski definition) is 7. The van der Waals surface area contributed by atoms with Crippen LogP contribution in [0.4, 0.5) is 5.95 Å².